The molecule has 0 saturated carbocycles. The van der Waals surface area contributed by atoms with E-state index in [9.17, 15) is 5.11 Å². The molecule has 0 heterocycles. The standard InChI is InChI=1S/C11H25NO/c1-5-7-8-11(6-2,9-13)12-10(3)4/h10,12-13H,5-9H2,1-4H3. The first-order valence-corrected chi connectivity index (χ1v) is 5.48. The molecule has 0 aliphatic rings. The summed E-state index contributed by atoms with van der Waals surface area (Å²) in [6.07, 6.45) is 4.46. The van der Waals surface area contributed by atoms with Gasteiger partial charge in [0.05, 0.1) is 6.61 Å². The van der Waals surface area contributed by atoms with Crippen LogP contribution in [-0.2, 0) is 0 Å². The number of rotatable bonds is 7. The summed E-state index contributed by atoms with van der Waals surface area (Å²) in [7, 11) is 0. The zero-order chi connectivity index (χ0) is 10.3. The molecule has 0 aliphatic heterocycles. The molecule has 0 aromatic rings. The monoisotopic (exact) mass is 187 g/mol. The summed E-state index contributed by atoms with van der Waals surface area (Å²) in [5.41, 5.74) is -0.0375. The normalized spacial score (nSPS) is 16.2. The number of hydrogen-bond acceptors (Lipinski definition) is 2. The molecule has 1 unspecified atom stereocenters. The van der Waals surface area contributed by atoms with Crippen molar-refractivity contribution in [1.82, 2.24) is 5.32 Å². The fourth-order valence-electron chi connectivity index (χ4n) is 1.72. The summed E-state index contributed by atoms with van der Waals surface area (Å²) in [6.45, 7) is 8.84. The van der Waals surface area contributed by atoms with E-state index in [2.05, 4.69) is 33.0 Å². The molecular weight excluding hydrogens is 162 g/mol. The van der Waals surface area contributed by atoms with Crippen molar-refractivity contribution in [3.63, 3.8) is 0 Å². The summed E-state index contributed by atoms with van der Waals surface area (Å²) in [5.74, 6) is 0. The third-order valence-corrected chi connectivity index (χ3v) is 2.58. The van der Waals surface area contributed by atoms with Crippen molar-refractivity contribution in [2.24, 2.45) is 0 Å². The van der Waals surface area contributed by atoms with Crippen LogP contribution in [0.15, 0.2) is 0 Å². The van der Waals surface area contributed by atoms with Crippen LogP contribution < -0.4 is 5.32 Å². The predicted molar refractivity (Wildman–Crippen MR) is 57.9 cm³/mol. The maximum absolute atomic E-state index is 9.39. The van der Waals surface area contributed by atoms with E-state index in [-0.39, 0.29) is 12.1 Å². The van der Waals surface area contributed by atoms with Crippen molar-refractivity contribution in [3.8, 4) is 0 Å². The molecule has 80 valence electrons. The van der Waals surface area contributed by atoms with Gasteiger partial charge in [-0.1, -0.05) is 40.5 Å². The zero-order valence-corrected chi connectivity index (χ0v) is 9.56. The first-order valence-electron chi connectivity index (χ1n) is 5.48. The average molecular weight is 187 g/mol. The minimum atomic E-state index is -0.0375. The fraction of sp³-hybridized carbons (Fsp3) is 1.00. The maximum Gasteiger partial charge on any atom is 0.0613 e. The molecule has 0 fully saturated rings. The van der Waals surface area contributed by atoms with Crippen molar-refractivity contribution >= 4 is 0 Å². The number of aliphatic hydroxyl groups is 1. The smallest absolute Gasteiger partial charge is 0.0613 e. The molecule has 0 aromatic carbocycles. The minimum absolute atomic E-state index is 0.0375. The molecule has 0 bridgehead atoms. The molecule has 1 atom stereocenters. The van der Waals surface area contributed by atoms with Gasteiger partial charge in [0.1, 0.15) is 0 Å². The van der Waals surface area contributed by atoms with E-state index in [1.54, 1.807) is 0 Å². The highest BCUT2D eigenvalue weighted by molar-refractivity contribution is 4.87. The first kappa shape index (κ1) is 12.9. The highest BCUT2D eigenvalue weighted by Gasteiger charge is 2.26. The third-order valence-electron chi connectivity index (χ3n) is 2.58. The number of aliphatic hydroxyl groups excluding tert-OH is 1. The van der Waals surface area contributed by atoms with Crippen LogP contribution >= 0.6 is 0 Å². The number of hydrogen-bond donors (Lipinski definition) is 2. The van der Waals surface area contributed by atoms with Gasteiger partial charge in [0.25, 0.3) is 0 Å². The summed E-state index contributed by atoms with van der Waals surface area (Å²) in [4.78, 5) is 0. The molecule has 0 saturated heterocycles. The molecule has 0 rings (SSSR count). The highest BCUT2D eigenvalue weighted by Crippen LogP contribution is 2.18. The second-order valence-corrected chi connectivity index (χ2v) is 4.19. The van der Waals surface area contributed by atoms with Gasteiger partial charge < -0.3 is 10.4 Å². The Morgan fingerprint density at radius 3 is 2.23 bits per heavy atom. The lowest BCUT2D eigenvalue weighted by Gasteiger charge is -2.34. The van der Waals surface area contributed by atoms with Crippen molar-refractivity contribution in [1.29, 1.82) is 0 Å². The lowest BCUT2D eigenvalue weighted by atomic mass is 9.90. The van der Waals surface area contributed by atoms with Gasteiger partial charge in [-0.25, -0.2) is 0 Å². The van der Waals surface area contributed by atoms with Gasteiger partial charge in [0.15, 0.2) is 0 Å². The zero-order valence-electron chi connectivity index (χ0n) is 9.56. The van der Waals surface area contributed by atoms with Crippen LogP contribution in [0.4, 0.5) is 0 Å². The Morgan fingerprint density at radius 2 is 1.92 bits per heavy atom. The molecule has 13 heavy (non-hydrogen) atoms. The second-order valence-electron chi connectivity index (χ2n) is 4.19. The van der Waals surface area contributed by atoms with Gasteiger partial charge in [0, 0.05) is 11.6 Å². The summed E-state index contributed by atoms with van der Waals surface area (Å²) < 4.78 is 0. The van der Waals surface area contributed by atoms with Crippen LogP contribution in [0.1, 0.15) is 53.4 Å². The highest BCUT2D eigenvalue weighted by atomic mass is 16.3. The average Bonchev–Trinajstić information content (AvgIpc) is 2.12. The van der Waals surface area contributed by atoms with Crippen LogP contribution in [0.5, 0.6) is 0 Å². The SMILES string of the molecule is CCCCC(CC)(CO)NC(C)C. The minimum Gasteiger partial charge on any atom is -0.394 e. The molecule has 0 radical (unpaired) electrons. The Labute approximate surface area is 82.7 Å². The third kappa shape index (κ3) is 4.63. The van der Waals surface area contributed by atoms with Crippen LogP contribution in [0.25, 0.3) is 0 Å². The first-order chi connectivity index (χ1) is 6.10. The van der Waals surface area contributed by atoms with Crippen LogP contribution in [-0.4, -0.2) is 23.3 Å². The Hall–Kier alpha value is -0.0800. The van der Waals surface area contributed by atoms with Crippen molar-refractivity contribution in [3.05, 3.63) is 0 Å². The van der Waals surface area contributed by atoms with Gasteiger partial charge in [-0.3, -0.25) is 0 Å². The Morgan fingerprint density at radius 1 is 1.31 bits per heavy atom. The molecular formula is C11H25NO. The largest absolute Gasteiger partial charge is 0.394 e. The van der Waals surface area contributed by atoms with E-state index in [0.717, 1.165) is 12.8 Å². The molecule has 0 aliphatic carbocycles. The van der Waals surface area contributed by atoms with Gasteiger partial charge in [-0.05, 0) is 12.8 Å². The van der Waals surface area contributed by atoms with Gasteiger partial charge in [-0.15, -0.1) is 0 Å². The van der Waals surface area contributed by atoms with Crippen LogP contribution in [0.3, 0.4) is 0 Å². The van der Waals surface area contributed by atoms with Crippen molar-refractivity contribution in [2.45, 2.75) is 65.0 Å². The van der Waals surface area contributed by atoms with Gasteiger partial charge in [-0.2, -0.15) is 0 Å². The predicted octanol–water partition coefficient (Wildman–Crippen LogP) is 2.32. The molecule has 2 nitrogen and oxygen atoms in total. The maximum atomic E-state index is 9.39. The van der Waals surface area contributed by atoms with E-state index >= 15 is 0 Å². The molecule has 0 amide bonds. The van der Waals surface area contributed by atoms with E-state index < -0.39 is 0 Å². The fourth-order valence-corrected chi connectivity index (χ4v) is 1.72. The quantitative estimate of drug-likeness (QED) is 0.641. The second kappa shape index (κ2) is 6.39. The summed E-state index contributed by atoms with van der Waals surface area (Å²) in [6, 6.07) is 0.448. The summed E-state index contributed by atoms with van der Waals surface area (Å²) in [5, 5.41) is 12.9. The van der Waals surface area contributed by atoms with E-state index in [0.29, 0.717) is 6.04 Å². The van der Waals surface area contributed by atoms with E-state index in [1.165, 1.54) is 12.8 Å². The van der Waals surface area contributed by atoms with E-state index in [1.807, 2.05) is 0 Å². The van der Waals surface area contributed by atoms with Crippen LogP contribution in [0, 0.1) is 0 Å². The van der Waals surface area contributed by atoms with Gasteiger partial charge >= 0.3 is 0 Å². The number of nitrogens with one attached hydrogen (secondary N) is 1. The Bertz CT molecular complexity index is 119. The lowest BCUT2D eigenvalue weighted by molar-refractivity contribution is 0.135. The van der Waals surface area contributed by atoms with Crippen molar-refractivity contribution < 1.29 is 5.11 Å². The van der Waals surface area contributed by atoms with Crippen molar-refractivity contribution in [2.75, 3.05) is 6.61 Å². The Balaban J connectivity index is 4.13. The number of unbranched alkanes of at least 4 members (excludes halogenated alkanes) is 1. The molecule has 0 spiro atoms. The molecule has 0 aromatic heterocycles. The summed E-state index contributed by atoms with van der Waals surface area (Å²) >= 11 is 0. The van der Waals surface area contributed by atoms with E-state index in [4.69, 9.17) is 0 Å². The molecule has 2 heteroatoms. The lowest BCUT2D eigenvalue weighted by Crippen LogP contribution is -2.51. The van der Waals surface area contributed by atoms with Gasteiger partial charge in [0.2, 0.25) is 0 Å². The molecule has 2 N–H and O–H groups in total. The Kier molecular flexibility index (Phi) is 6.35. The van der Waals surface area contributed by atoms with Crippen LogP contribution in [0.2, 0.25) is 0 Å². The topological polar surface area (TPSA) is 32.3 Å².